The number of hydrogen-bond donors (Lipinski definition) is 0. The van der Waals surface area contributed by atoms with E-state index in [0.29, 0.717) is 5.92 Å². The van der Waals surface area contributed by atoms with Gasteiger partial charge in [-0.3, -0.25) is 10.1 Å². The van der Waals surface area contributed by atoms with E-state index in [1.807, 2.05) is 0 Å². The molecule has 28 heavy (non-hydrogen) atoms. The Hall–Kier alpha value is -1.93. The van der Waals surface area contributed by atoms with Crippen molar-refractivity contribution in [1.82, 2.24) is 0 Å². The Bertz CT molecular complexity index is 675. The Morgan fingerprint density at radius 1 is 1.14 bits per heavy atom. The van der Waals surface area contributed by atoms with E-state index in [1.165, 1.54) is 24.3 Å². The molecule has 0 heterocycles. The van der Waals surface area contributed by atoms with Crippen LogP contribution in [0, 0.1) is 16.0 Å². The Kier molecular flexibility index (Phi) is 7.22. The number of carbonyl (C=O) groups excluding carboxylic acids is 1. The van der Waals surface area contributed by atoms with Crippen LogP contribution in [0.25, 0.3) is 0 Å². The number of nitro groups is 1. The van der Waals surface area contributed by atoms with Gasteiger partial charge in [-0.1, -0.05) is 20.8 Å². The first-order valence-corrected chi connectivity index (χ1v) is 12.7. The summed E-state index contributed by atoms with van der Waals surface area (Å²) in [4.78, 5) is 22.1. The van der Waals surface area contributed by atoms with Gasteiger partial charge in [-0.2, -0.15) is 0 Å². The van der Waals surface area contributed by atoms with Crippen molar-refractivity contribution in [3.8, 4) is 5.75 Å². The Labute approximate surface area is 167 Å². The maximum Gasteiger partial charge on any atom is 0.514 e. The van der Waals surface area contributed by atoms with E-state index in [4.69, 9.17) is 13.9 Å². The molecule has 2 rings (SSSR count). The average Bonchev–Trinajstić information content (AvgIpc) is 2.60. The number of nitrogens with zero attached hydrogens (tertiary/aromatic N) is 1. The molecule has 0 aromatic heterocycles. The summed E-state index contributed by atoms with van der Waals surface area (Å²) in [6.45, 7) is 12.0. The summed E-state index contributed by atoms with van der Waals surface area (Å²) in [5.74, 6) is 0.728. The minimum atomic E-state index is -1.73. The Morgan fingerprint density at radius 3 is 2.21 bits per heavy atom. The van der Waals surface area contributed by atoms with Crippen molar-refractivity contribution in [2.75, 3.05) is 6.61 Å². The highest BCUT2D eigenvalue weighted by molar-refractivity contribution is 6.74. The van der Waals surface area contributed by atoms with E-state index in [0.717, 1.165) is 32.3 Å². The van der Waals surface area contributed by atoms with Crippen molar-refractivity contribution in [3.05, 3.63) is 34.4 Å². The second-order valence-corrected chi connectivity index (χ2v) is 13.7. The van der Waals surface area contributed by atoms with Gasteiger partial charge >= 0.3 is 6.16 Å². The lowest BCUT2D eigenvalue weighted by Gasteiger charge is -2.38. The van der Waals surface area contributed by atoms with Crippen molar-refractivity contribution < 1.29 is 23.6 Å². The first kappa shape index (κ1) is 22.4. The quantitative estimate of drug-likeness (QED) is 0.197. The number of nitro benzene ring substituents is 1. The lowest BCUT2D eigenvalue weighted by Crippen LogP contribution is -2.42. The van der Waals surface area contributed by atoms with E-state index >= 15 is 0 Å². The first-order chi connectivity index (χ1) is 13.0. The fourth-order valence-electron chi connectivity index (χ4n) is 2.85. The fraction of sp³-hybridized carbons (Fsp3) is 0.650. The minimum absolute atomic E-state index is 0.0565. The molecule has 1 saturated carbocycles. The van der Waals surface area contributed by atoms with E-state index in [2.05, 4.69) is 33.9 Å². The van der Waals surface area contributed by atoms with Gasteiger partial charge in [0.05, 0.1) is 4.92 Å². The highest BCUT2D eigenvalue weighted by Crippen LogP contribution is 2.37. The monoisotopic (exact) mass is 409 g/mol. The lowest BCUT2D eigenvalue weighted by atomic mass is 9.88. The van der Waals surface area contributed by atoms with Crippen molar-refractivity contribution in [1.29, 1.82) is 0 Å². The van der Waals surface area contributed by atoms with E-state index < -0.39 is 19.4 Å². The van der Waals surface area contributed by atoms with Crippen LogP contribution in [0.2, 0.25) is 18.1 Å². The second-order valence-electron chi connectivity index (χ2n) is 8.93. The van der Waals surface area contributed by atoms with E-state index in [1.54, 1.807) is 0 Å². The van der Waals surface area contributed by atoms with Gasteiger partial charge in [0.1, 0.15) is 11.9 Å². The predicted octanol–water partition coefficient (Wildman–Crippen LogP) is 5.69. The van der Waals surface area contributed by atoms with Crippen molar-refractivity contribution in [3.63, 3.8) is 0 Å². The molecule has 0 atom stereocenters. The molecule has 1 aliphatic rings. The third-order valence-corrected chi connectivity index (χ3v) is 10.3. The maximum atomic E-state index is 12.0. The van der Waals surface area contributed by atoms with Gasteiger partial charge in [0, 0.05) is 18.7 Å². The molecule has 1 aliphatic carbocycles. The van der Waals surface area contributed by atoms with Crippen LogP contribution in [0.5, 0.6) is 5.75 Å². The smallest absolute Gasteiger partial charge is 0.431 e. The number of hydrogen-bond acceptors (Lipinski definition) is 6. The summed E-state index contributed by atoms with van der Waals surface area (Å²) in [6.07, 6.45) is 2.58. The zero-order valence-corrected chi connectivity index (χ0v) is 18.4. The van der Waals surface area contributed by atoms with Crippen LogP contribution < -0.4 is 4.74 Å². The molecule has 0 N–H and O–H groups in total. The molecule has 0 saturated heterocycles. The molecule has 1 fully saturated rings. The van der Waals surface area contributed by atoms with Crippen molar-refractivity contribution in [2.24, 2.45) is 5.92 Å². The SMILES string of the molecule is CC(C)(C)[Si](C)(C)OCC1CCC(OC(=O)Oc2ccc([N+](=O)[O-])cc2)CC1. The molecule has 0 aliphatic heterocycles. The Morgan fingerprint density at radius 2 is 1.71 bits per heavy atom. The number of non-ortho nitro benzene ring substituents is 1. The minimum Gasteiger partial charge on any atom is -0.431 e. The van der Waals surface area contributed by atoms with E-state index in [9.17, 15) is 14.9 Å². The normalized spacial score (nSPS) is 20.5. The van der Waals surface area contributed by atoms with Gasteiger partial charge in [-0.15, -0.1) is 0 Å². The largest absolute Gasteiger partial charge is 0.514 e. The standard InChI is InChI=1S/C20H31NO6Si/c1-20(2,3)28(4,5)25-14-15-6-10-17(11-7-15)26-19(22)27-18-12-8-16(9-13-18)21(23)24/h8-9,12-13,15,17H,6-7,10-11,14H2,1-5H3. The maximum absolute atomic E-state index is 12.0. The molecule has 1 aromatic carbocycles. The zero-order valence-electron chi connectivity index (χ0n) is 17.4. The molecule has 0 unspecified atom stereocenters. The van der Waals surface area contributed by atoms with Crippen LogP contribution in [0.4, 0.5) is 10.5 Å². The van der Waals surface area contributed by atoms with Crippen LogP contribution in [-0.4, -0.2) is 32.1 Å². The zero-order chi connectivity index (χ0) is 20.9. The van der Waals surface area contributed by atoms with Gasteiger partial charge in [0.2, 0.25) is 0 Å². The predicted molar refractivity (Wildman–Crippen MR) is 109 cm³/mol. The average molecular weight is 410 g/mol. The van der Waals surface area contributed by atoms with Crippen LogP contribution in [-0.2, 0) is 9.16 Å². The molecule has 156 valence electrons. The van der Waals surface area contributed by atoms with Crippen molar-refractivity contribution in [2.45, 2.75) is 70.7 Å². The molecule has 0 spiro atoms. The van der Waals surface area contributed by atoms with Gasteiger partial charge in [-0.05, 0) is 61.9 Å². The van der Waals surface area contributed by atoms with Crippen molar-refractivity contribution >= 4 is 20.2 Å². The van der Waals surface area contributed by atoms with Gasteiger partial charge < -0.3 is 13.9 Å². The number of rotatable bonds is 6. The highest BCUT2D eigenvalue weighted by Gasteiger charge is 2.38. The van der Waals surface area contributed by atoms with Crippen LogP contribution >= 0.6 is 0 Å². The first-order valence-electron chi connectivity index (χ1n) is 9.75. The summed E-state index contributed by atoms with van der Waals surface area (Å²) < 4.78 is 16.8. The molecule has 1 aromatic rings. The van der Waals surface area contributed by atoms with E-state index in [-0.39, 0.29) is 22.6 Å². The second kappa shape index (κ2) is 9.04. The van der Waals surface area contributed by atoms with Gasteiger partial charge in [0.15, 0.2) is 8.32 Å². The molecular formula is C20H31NO6Si. The molecule has 0 bridgehead atoms. The lowest BCUT2D eigenvalue weighted by molar-refractivity contribution is -0.384. The fourth-order valence-corrected chi connectivity index (χ4v) is 3.94. The third kappa shape index (κ3) is 6.30. The highest BCUT2D eigenvalue weighted by atomic mass is 28.4. The summed E-state index contributed by atoms with van der Waals surface area (Å²) in [5, 5.41) is 10.8. The summed E-state index contributed by atoms with van der Waals surface area (Å²) in [5.41, 5.74) is -0.0565. The van der Waals surface area contributed by atoms with Gasteiger partial charge in [0.25, 0.3) is 5.69 Å². The summed E-state index contributed by atoms with van der Waals surface area (Å²) >= 11 is 0. The summed E-state index contributed by atoms with van der Waals surface area (Å²) in [6, 6.07) is 5.34. The topological polar surface area (TPSA) is 87.9 Å². The third-order valence-electron chi connectivity index (χ3n) is 5.79. The number of benzene rings is 1. The molecule has 7 nitrogen and oxygen atoms in total. The number of ether oxygens (including phenoxy) is 2. The van der Waals surface area contributed by atoms with Gasteiger partial charge in [-0.25, -0.2) is 4.79 Å². The Balaban J connectivity index is 1.73. The van der Waals surface area contributed by atoms with Crippen LogP contribution in [0.3, 0.4) is 0 Å². The molecule has 8 heteroatoms. The van der Waals surface area contributed by atoms with Crippen LogP contribution in [0.15, 0.2) is 24.3 Å². The van der Waals surface area contributed by atoms with Crippen LogP contribution in [0.1, 0.15) is 46.5 Å². The summed E-state index contributed by atoms with van der Waals surface area (Å²) in [7, 11) is -1.73. The molecular weight excluding hydrogens is 378 g/mol. The molecule has 0 amide bonds. The molecule has 0 radical (unpaired) electrons. The number of carbonyl (C=O) groups is 1.